The molecule has 3 atom stereocenters. The van der Waals surface area contributed by atoms with E-state index in [0.717, 1.165) is 22.4 Å². The number of aliphatic imine (C=N–C) groups is 1. The van der Waals surface area contributed by atoms with Crippen LogP contribution in [-0.4, -0.2) is 56.7 Å². The van der Waals surface area contributed by atoms with Gasteiger partial charge in [0.1, 0.15) is 17.7 Å². The lowest BCUT2D eigenvalue weighted by Crippen LogP contribution is -2.42. The summed E-state index contributed by atoms with van der Waals surface area (Å²) in [6, 6.07) is 14.5. The molecule has 204 valence electrons. The third-order valence-corrected chi connectivity index (χ3v) is 7.64. The first-order valence-electron chi connectivity index (χ1n) is 12.7. The van der Waals surface area contributed by atoms with Crippen LogP contribution in [0.3, 0.4) is 0 Å². The summed E-state index contributed by atoms with van der Waals surface area (Å²) in [4.78, 5) is 20.3. The molecule has 39 heavy (non-hydrogen) atoms. The van der Waals surface area contributed by atoms with Crippen LogP contribution in [0, 0.1) is 5.82 Å². The number of rotatable bonds is 7. The Kier molecular flexibility index (Phi) is 7.66. The van der Waals surface area contributed by atoms with Gasteiger partial charge in [-0.3, -0.25) is 4.79 Å². The summed E-state index contributed by atoms with van der Waals surface area (Å²) >= 11 is 6.55. The van der Waals surface area contributed by atoms with Crippen molar-refractivity contribution in [2.24, 2.45) is 4.99 Å². The summed E-state index contributed by atoms with van der Waals surface area (Å²) < 4.78 is 37.6. The van der Waals surface area contributed by atoms with Crippen molar-refractivity contribution < 1.29 is 28.1 Å². The number of amides is 1. The molecule has 2 aliphatic heterocycles. The largest absolute Gasteiger partial charge is 0.497 e. The summed E-state index contributed by atoms with van der Waals surface area (Å²) in [5.74, 6) is 1.64. The number of carbonyl (C=O) groups excluding carboxylic acids is 1. The van der Waals surface area contributed by atoms with E-state index in [1.807, 2.05) is 43.3 Å². The minimum atomic E-state index is -0.738. The Labute approximate surface area is 232 Å². The van der Waals surface area contributed by atoms with Crippen molar-refractivity contribution in [2.75, 3.05) is 27.9 Å². The minimum absolute atomic E-state index is 0.103. The van der Waals surface area contributed by atoms with E-state index in [1.54, 1.807) is 38.4 Å². The van der Waals surface area contributed by atoms with Crippen LogP contribution in [0.25, 0.3) is 0 Å². The van der Waals surface area contributed by atoms with Crippen LogP contribution in [0.5, 0.6) is 17.2 Å². The predicted octanol–water partition coefficient (Wildman–Crippen LogP) is 5.60. The molecule has 0 saturated heterocycles. The van der Waals surface area contributed by atoms with E-state index in [4.69, 9.17) is 35.5 Å². The molecule has 0 aromatic heterocycles. The lowest BCUT2D eigenvalue weighted by atomic mass is 9.86. The van der Waals surface area contributed by atoms with Crippen LogP contribution in [-0.2, 0) is 16.0 Å². The summed E-state index contributed by atoms with van der Waals surface area (Å²) in [5, 5.41) is 0.248. The lowest BCUT2D eigenvalue weighted by molar-refractivity contribution is -0.134. The summed E-state index contributed by atoms with van der Waals surface area (Å²) in [6.45, 7) is 2.28. The smallest absolute Gasteiger partial charge is 0.225 e. The molecule has 3 unspecified atom stereocenters. The SMILES string of the molecule is COc1ccc(C2=NC(CC(=O)N3CCc4cc(OC)c(OC)cc4C3c3c(F)cccc3Cl)C(C)O2)cc1. The quantitative estimate of drug-likeness (QED) is 0.381. The number of carbonyl (C=O) groups is 1. The Morgan fingerprint density at radius 3 is 2.46 bits per heavy atom. The molecule has 2 aliphatic rings. The molecule has 0 fully saturated rings. The van der Waals surface area contributed by atoms with Crippen LogP contribution < -0.4 is 14.2 Å². The number of methoxy groups -OCH3 is 3. The second kappa shape index (κ2) is 11.1. The van der Waals surface area contributed by atoms with E-state index < -0.39 is 17.9 Å². The van der Waals surface area contributed by atoms with E-state index in [0.29, 0.717) is 30.4 Å². The molecule has 0 aliphatic carbocycles. The van der Waals surface area contributed by atoms with Gasteiger partial charge in [-0.25, -0.2) is 9.38 Å². The maximum Gasteiger partial charge on any atom is 0.225 e. The van der Waals surface area contributed by atoms with Crippen LogP contribution in [0.15, 0.2) is 59.6 Å². The van der Waals surface area contributed by atoms with Gasteiger partial charge in [-0.2, -0.15) is 0 Å². The van der Waals surface area contributed by atoms with Crippen molar-refractivity contribution >= 4 is 23.4 Å². The van der Waals surface area contributed by atoms with Gasteiger partial charge in [0, 0.05) is 22.7 Å². The van der Waals surface area contributed by atoms with Gasteiger partial charge in [0.15, 0.2) is 11.5 Å². The molecule has 3 aromatic rings. The number of benzene rings is 3. The molecule has 0 saturated carbocycles. The van der Waals surface area contributed by atoms with Gasteiger partial charge in [0.2, 0.25) is 11.8 Å². The molecular formula is C30H30ClFN2O5. The molecule has 0 radical (unpaired) electrons. The van der Waals surface area contributed by atoms with Gasteiger partial charge in [0.05, 0.1) is 39.8 Å². The van der Waals surface area contributed by atoms with E-state index in [1.165, 1.54) is 6.07 Å². The van der Waals surface area contributed by atoms with Gasteiger partial charge in [-0.1, -0.05) is 17.7 Å². The first kappa shape index (κ1) is 26.8. The average Bonchev–Trinajstić information content (AvgIpc) is 3.31. The van der Waals surface area contributed by atoms with Gasteiger partial charge in [0.25, 0.3) is 0 Å². The number of fused-ring (bicyclic) bond motifs is 1. The number of hydrogen-bond acceptors (Lipinski definition) is 6. The Morgan fingerprint density at radius 1 is 1.08 bits per heavy atom. The summed E-state index contributed by atoms with van der Waals surface area (Å²) in [7, 11) is 4.72. The van der Waals surface area contributed by atoms with Crippen LogP contribution in [0.1, 0.15) is 41.6 Å². The van der Waals surface area contributed by atoms with Gasteiger partial charge in [-0.05, 0) is 73.0 Å². The second-order valence-corrected chi connectivity index (χ2v) is 9.95. The Morgan fingerprint density at radius 2 is 1.79 bits per heavy atom. The Balaban J connectivity index is 1.48. The monoisotopic (exact) mass is 552 g/mol. The predicted molar refractivity (Wildman–Crippen MR) is 147 cm³/mol. The number of hydrogen-bond donors (Lipinski definition) is 0. The number of nitrogens with zero attached hydrogens (tertiary/aromatic N) is 2. The topological polar surface area (TPSA) is 69.6 Å². The van der Waals surface area contributed by atoms with Crippen molar-refractivity contribution in [1.29, 1.82) is 0 Å². The highest BCUT2D eigenvalue weighted by Crippen LogP contribution is 2.44. The van der Waals surface area contributed by atoms with Crippen molar-refractivity contribution in [3.05, 3.63) is 87.7 Å². The highest BCUT2D eigenvalue weighted by molar-refractivity contribution is 6.31. The van der Waals surface area contributed by atoms with Gasteiger partial charge in [-0.15, -0.1) is 0 Å². The minimum Gasteiger partial charge on any atom is -0.497 e. The maximum atomic E-state index is 15.3. The van der Waals surface area contributed by atoms with E-state index >= 15 is 4.39 Å². The van der Waals surface area contributed by atoms with Crippen LogP contribution in [0.2, 0.25) is 5.02 Å². The molecule has 0 spiro atoms. The third-order valence-electron chi connectivity index (χ3n) is 7.31. The summed E-state index contributed by atoms with van der Waals surface area (Å²) in [5.41, 5.74) is 2.75. The van der Waals surface area contributed by atoms with Crippen molar-refractivity contribution in [3.63, 3.8) is 0 Å². The fourth-order valence-electron chi connectivity index (χ4n) is 5.22. The Hall–Kier alpha value is -3.78. The second-order valence-electron chi connectivity index (χ2n) is 9.54. The number of halogens is 2. The standard InChI is InChI=1S/C30H30ClFN2O5/c1-17-24(33-30(39-17)18-8-10-20(36-2)11-9-18)16-27(35)34-13-12-19-14-25(37-3)26(38-4)15-21(19)29(34)28-22(31)6-5-7-23(28)32/h5-11,14-15,17,24,29H,12-13,16H2,1-4H3. The zero-order chi connectivity index (χ0) is 27.7. The fraction of sp³-hybridized carbons (Fsp3) is 0.333. The van der Waals surface area contributed by atoms with Gasteiger partial charge < -0.3 is 23.8 Å². The molecule has 9 heteroatoms. The van der Waals surface area contributed by atoms with Crippen molar-refractivity contribution in [2.45, 2.75) is 38.0 Å². The van der Waals surface area contributed by atoms with E-state index in [9.17, 15) is 4.79 Å². The van der Waals surface area contributed by atoms with Crippen LogP contribution in [0.4, 0.5) is 4.39 Å². The zero-order valence-corrected chi connectivity index (χ0v) is 23.0. The number of ether oxygens (including phenoxy) is 4. The van der Waals surface area contributed by atoms with Crippen molar-refractivity contribution in [3.8, 4) is 17.2 Å². The lowest BCUT2D eigenvalue weighted by Gasteiger charge is -2.39. The molecule has 7 nitrogen and oxygen atoms in total. The normalized spacial score (nSPS) is 20.1. The molecular weight excluding hydrogens is 523 g/mol. The van der Waals surface area contributed by atoms with Gasteiger partial charge >= 0.3 is 0 Å². The molecule has 5 rings (SSSR count). The molecule has 2 heterocycles. The molecule has 1 amide bonds. The summed E-state index contributed by atoms with van der Waals surface area (Å²) in [6.07, 6.45) is 0.371. The first-order valence-corrected chi connectivity index (χ1v) is 13.1. The van der Waals surface area contributed by atoms with E-state index in [-0.39, 0.29) is 29.0 Å². The molecule has 0 bridgehead atoms. The van der Waals surface area contributed by atoms with Crippen molar-refractivity contribution in [1.82, 2.24) is 4.90 Å². The molecule has 0 N–H and O–H groups in total. The fourth-order valence-corrected chi connectivity index (χ4v) is 5.49. The Bertz CT molecular complexity index is 1390. The zero-order valence-electron chi connectivity index (χ0n) is 22.2. The molecule has 3 aromatic carbocycles. The van der Waals surface area contributed by atoms with Crippen LogP contribution >= 0.6 is 11.6 Å². The average molecular weight is 553 g/mol. The maximum absolute atomic E-state index is 15.3. The first-order chi connectivity index (χ1) is 18.8. The highest BCUT2D eigenvalue weighted by Gasteiger charge is 2.38. The van der Waals surface area contributed by atoms with E-state index in [2.05, 4.69) is 0 Å². The highest BCUT2D eigenvalue weighted by atomic mass is 35.5. The third kappa shape index (κ3) is 5.13.